The third-order valence-electron chi connectivity index (χ3n) is 2.10. The molecule has 8 heteroatoms. The first-order valence-corrected chi connectivity index (χ1v) is 4.70. The van der Waals surface area contributed by atoms with E-state index < -0.39 is 17.9 Å². The minimum absolute atomic E-state index is 0.0345. The predicted octanol–water partition coefficient (Wildman–Crippen LogP) is -1.02. The van der Waals surface area contributed by atoms with Crippen LogP contribution in [0.5, 0.6) is 0 Å². The quantitative estimate of drug-likeness (QED) is 0.398. The molecule has 0 spiro atoms. The second-order valence-corrected chi connectivity index (χ2v) is 3.64. The first kappa shape index (κ1) is 13.1. The maximum absolute atomic E-state index is 11.6. The lowest BCUT2D eigenvalue weighted by molar-refractivity contribution is -0.384. The highest BCUT2D eigenvalue weighted by molar-refractivity contribution is 6.58. The van der Waals surface area contributed by atoms with Crippen LogP contribution in [0.25, 0.3) is 0 Å². The van der Waals surface area contributed by atoms with E-state index in [1.807, 2.05) is 0 Å². The molecule has 2 N–H and O–H groups in total. The van der Waals surface area contributed by atoms with E-state index in [9.17, 15) is 14.9 Å². The zero-order chi connectivity index (χ0) is 13.2. The average Bonchev–Trinajstić information content (AvgIpc) is 2.27. The van der Waals surface area contributed by atoms with Crippen molar-refractivity contribution in [2.45, 2.75) is 0 Å². The fourth-order valence-corrected chi connectivity index (χ4v) is 1.27. The molecule has 1 rings (SSSR count). The van der Waals surface area contributed by atoms with Crippen LogP contribution in [-0.4, -0.2) is 47.0 Å². The summed E-state index contributed by atoms with van der Waals surface area (Å²) in [5.41, 5.74) is -0.419. The molecule has 1 aromatic rings. The fourth-order valence-electron chi connectivity index (χ4n) is 1.27. The van der Waals surface area contributed by atoms with Crippen LogP contribution in [0.3, 0.4) is 0 Å². The highest BCUT2D eigenvalue weighted by Crippen LogP contribution is 2.13. The summed E-state index contributed by atoms with van der Waals surface area (Å²) < 4.78 is 0. The highest BCUT2D eigenvalue weighted by atomic mass is 16.6. The van der Waals surface area contributed by atoms with Crippen molar-refractivity contribution in [1.29, 1.82) is 0 Å². The molecule has 0 fully saturated rings. The molecule has 1 amide bonds. The molecule has 0 unspecified atom stereocenters. The summed E-state index contributed by atoms with van der Waals surface area (Å²) >= 11 is 0. The van der Waals surface area contributed by atoms with Crippen molar-refractivity contribution < 1.29 is 19.8 Å². The number of nitro benzene ring substituents is 1. The van der Waals surface area contributed by atoms with Crippen molar-refractivity contribution in [3.8, 4) is 0 Å². The SMILES string of the molecule is CN(C)C(=O)c1cc(B(O)O)cc([N+](=O)[O-])c1. The number of non-ortho nitro benzene ring substituents is 1. The maximum Gasteiger partial charge on any atom is 0.488 e. The Hall–Kier alpha value is -1.93. The molecule has 90 valence electrons. The summed E-state index contributed by atoms with van der Waals surface area (Å²) in [6, 6.07) is 3.31. The molecule has 17 heavy (non-hydrogen) atoms. The second kappa shape index (κ2) is 4.94. The molecule has 1 aromatic carbocycles. The Labute approximate surface area is 97.6 Å². The summed E-state index contributed by atoms with van der Waals surface area (Å²) in [5.74, 6) is -0.449. The van der Waals surface area contributed by atoms with Gasteiger partial charge in [-0.05, 0) is 11.5 Å². The Bertz CT molecular complexity index is 461. The molecule has 0 aromatic heterocycles. The lowest BCUT2D eigenvalue weighted by Gasteiger charge is -2.11. The molecular formula is C9H11BN2O5. The van der Waals surface area contributed by atoms with Crippen LogP contribution in [0.2, 0.25) is 0 Å². The van der Waals surface area contributed by atoms with Crippen LogP contribution in [0.4, 0.5) is 5.69 Å². The van der Waals surface area contributed by atoms with Gasteiger partial charge in [0.05, 0.1) is 4.92 Å². The highest BCUT2D eigenvalue weighted by Gasteiger charge is 2.20. The van der Waals surface area contributed by atoms with Crippen LogP contribution >= 0.6 is 0 Å². The zero-order valence-electron chi connectivity index (χ0n) is 9.32. The lowest BCUT2D eigenvalue weighted by Crippen LogP contribution is -2.32. The van der Waals surface area contributed by atoms with E-state index >= 15 is 0 Å². The van der Waals surface area contributed by atoms with Crippen LogP contribution < -0.4 is 5.46 Å². The molecule has 0 heterocycles. The Morgan fingerprint density at radius 3 is 2.35 bits per heavy atom. The van der Waals surface area contributed by atoms with Crippen LogP contribution in [0.1, 0.15) is 10.4 Å². The van der Waals surface area contributed by atoms with Gasteiger partial charge >= 0.3 is 7.12 Å². The number of nitro groups is 1. The molecule has 0 aliphatic carbocycles. The van der Waals surface area contributed by atoms with Gasteiger partial charge in [-0.3, -0.25) is 14.9 Å². The van der Waals surface area contributed by atoms with Gasteiger partial charge in [-0.15, -0.1) is 0 Å². The van der Waals surface area contributed by atoms with E-state index in [1.165, 1.54) is 25.1 Å². The Kier molecular flexibility index (Phi) is 3.82. The predicted molar refractivity (Wildman–Crippen MR) is 60.9 cm³/mol. The van der Waals surface area contributed by atoms with Gasteiger partial charge in [-0.25, -0.2) is 0 Å². The van der Waals surface area contributed by atoms with Crippen molar-refractivity contribution >= 4 is 24.2 Å². The summed E-state index contributed by atoms with van der Waals surface area (Å²) in [7, 11) is 1.13. The Morgan fingerprint density at radius 1 is 1.35 bits per heavy atom. The molecule has 0 saturated heterocycles. The van der Waals surface area contributed by atoms with E-state index in [0.29, 0.717) is 0 Å². The van der Waals surface area contributed by atoms with Gasteiger partial charge in [0.2, 0.25) is 0 Å². The first-order valence-electron chi connectivity index (χ1n) is 4.70. The van der Waals surface area contributed by atoms with E-state index in [1.54, 1.807) is 0 Å². The smallest absolute Gasteiger partial charge is 0.423 e. The summed E-state index contributed by atoms with van der Waals surface area (Å²) in [6.07, 6.45) is 0. The molecule has 0 atom stereocenters. The standard InChI is InChI=1S/C9H11BN2O5/c1-11(2)9(13)6-3-7(10(14)15)5-8(4-6)12(16)17/h3-5,14-15H,1-2H3. The van der Waals surface area contributed by atoms with E-state index in [0.717, 1.165) is 12.1 Å². The van der Waals surface area contributed by atoms with Crippen molar-refractivity contribution in [2.75, 3.05) is 14.1 Å². The lowest BCUT2D eigenvalue weighted by atomic mass is 9.79. The van der Waals surface area contributed by atoms with Gasteiger partial charge in [0.15, 0.2) is 0 Å². The topological polar surface area (TPSA) is 104 Å². The van der Waals surface area contributed by atoms with Crippen LogP contribution in [-0.2, 0) is 0 Å². The number of nitrogens with zero attached hydrogens (tertiary/aromatic N) is 2. The number of amides is 1. The van der Waals surface area contributed by atoms with Crippen molar-refractivity contribution in [1.82, 2.24) is 4.90 Å². The van der Waals surface area contributed by atoms with Crippen molar-refractivity contribution in [2.24, 2.45) is 0 Å². The number of hydrogen-bond donors (Lipinski definition) is 2. The van der Waals surface area contributed by atoms with Crippen LogP contribution in [0.15, 0.2) is 18.2 Å². The van der Waals surface area contributed by atoms with Gasteiger partial charge in [0.1, 0.15) is 0 Å². The average molecular weight is 238 g/mol. The largest absolute Gasteiger partial charge is 0.488 e. The summed E-state index contributed by atoms with van der Waals surface area (Å²) in [6.45, 7) is 0. The number of hydrogen-bond acceptors (Lipinski definition) is 5. The van der Waals surface area contributed by atoms with E-state index in [4.69, 9.17) is 10.0 Å². The van der Waals surface area contributed by atoms with E-state index in [2.05, 4.69) is 0 Å². The zero-order valence-corrected chi connectivity index (χ0v) is 9.32. The monoisotopic (exact) mass is 238 g/mol. The van der Waals surface area contributed by atoms with Gasteiger partial charge in [-0.1, -0.05) is 0 Å². The van der Waals surface area contributed by atoms with Gasteiger partial charge in [-0.2, -0.15) is 0 Å². The molecule has 0 aliphatic heterocycles. The minimum atomic E-state index is -1.86. The molecule has 0 aliphatic rings. The van der Waals surface area contributed by atoms with Gasteiger partial charge in [0.25, 0.3) is 11.6 Å². The maximum atomic E-state index is 11.6. The van der Waals surface area contributed by atoms with Gasteiger partial charge in [0, 0.05) is 31.8 Å². The first-order chi connectivity index (χ1) is 7.82. The normalized spacial score (nSPS) is 9.88. The second-order valence-electron chi connectivity index (χ2n) is 3.64. The number of carbonyl (C=O) groups is 1. The molecule has 0 radical (unpaired) electrons. The molecule has 0 bridgehead atoms. The molecular weight excluding hydrogens is 227 g/mol. The summed E-state index contributed by atoms with van der Waals surface area (Å²) in [5, 5.41) is 28.6. The third kappa shape index (κ3) is 3.02. The Morgan fingerprint density at radius 2 is 1.94 bits per heavy atom. The third-order valence-corrected chi connectivity index (χ3v) is 2.10. The number of benzene rings is 1. The number of rotatable bonds is 3. The molecule has 0 saturated carbocycles. The fraction of sp³-hybridized carbons (Fsp3) is 0.222. The van der Waals surface area contributed by atoms with Crippen molar-refractivity contribution in [3.05, 3.63) is 33.9 Å². The van der Waals surface area contributed by atoms with Crippen molar-refractivity contribution in [3.63, 3.8) is 0 Å². The Balaban J connectivity index is 3.31. The van der Waals surface area contributed by atoms with Crippen LogP contribution in [0, 0.1) is 10.1 Å². The van der Waals surface area contributed by atoms with Gasteiger partial charge < -0.3 is 14.9 Å². The summed E-state index contributed by atoms with van der Waals surface area (Å²) in [4.78, 5) is 22.8. The molecule has 7 nitrogen and oxygen atoms in total. The number of carbonyl (C=O) groups excluding carboxylic acids is 1. The minimum Gasteiger partial charge on any atom is -0.423 e. The van der Waals surface area contributed by atoms with E-state index in [-0.39, 0.29) is 16.7 Å².